The van der Waals surface area contributed by atoms with Gasteiger partial charge in [0.1, 0.15) is 6.17 Å². The van der Waals surface area contributed by atoms with Crippen molar-refractivity contribution in [2.24, 2.45) is 0 Å². The Morgan fingerprint density at radius 1 is 1.38 bits per heavy atom. The second-order valence-corrected chi connectivity index (χ2v) is 6.18. The summed E-state index contributed by atoms with van der Waals surface area (Å²) in [5.74, 6) is 0.177. The molecule has 0 aliphatic carbocycles. The van der Waals surface area contributed by atoms with Gasteiger partial charge in [-0.25, -0.2) is 0 Å². The molecule has 0 radical (unpaired) electrons. The van der Waals surface area contributed by atoms with E-state index in [2.05, 4.69) is 36.5 Å². The molecule has 1 amide bonds. The maximum Gasteiger partial charge on any atom is 0.241 e. The first-order chi connectivity index (χ1) is 10.1. The van der Waals surface area contributed by atoms with Crippen LogP contribution in [0.5, 0.6) is 0 Å². The molecule has 3 unspecified atom stereocenters. The number of hydrogen-bond donors (Lipinski definition) is 1. The van der Waals surface area contributed by atoms with Crippen LogP contribution in [0.4, 0.5) is 0 Å². The maximum atomic E-state index is 12.5. The van der Waals surface area contributed by atoms with Gasteiger partial charge in [0.15, 0.2) is 0 Å². The fraction of sp³-hybridized carbons (Fsp3) is 0.588. The third kappa shape index (κ3) is 3.11. The molecule has 4 nitrogen and oxygen atoms in total. The van der Waals surface area contributed by atoms with E-state index in [-0.39, 0.29) is 24.2 Å². The van der Waals surface area contributed by atoms with Gasteiger partial charge in [0.05, 0.1) is 12.1 Å². The largest absolute Gasteiger partial charge is 0.376 e. The van der Waals surface area contributed by atoms with E-state index < -0.39 is 0 Å². The Kier molecular flexibility index (Phi) is 4.27. The number of nitrogens with one attached hydrogen (secondary N) is 1. The van der Waals surface area contributed by atoms with Crippen LogP contribution in [-0.4, -0.2) is 36.1 Å². The summed E-state index contributed by atoms with van der Waals surface area (Å²) in [5, 5.41) is 3.41. The van der Waals surface area contributed by atoms with E-state index in [0.29, 0.717) is 6.54 Å². The van der Waals surface area contributed by atoms with Crippen molar-refractivity contribution in [1.82, 2.24) is 10.2 Å². The number of hydrogen-bond acceptors (Lipinski definition) is 3. The molecule has 2 aliphatic heterocycles. The summed E-state index contributed by atoms with van der Waals surface area (Å²) in [7, 11) is 0. The lowest BCUT2D eigenvalue weighted by atomic mass is 10.1. The number of aryl methyl sites for hydroxylation is 1. The van der Waals surface area contributed by atoms with E-state index >= 15 is 0 Å². The van der Waals surface area contributed by atoms with Crippen molar-refractivity contribution in [3.05, 3.63) is 35.4 Å². The van der Waals surface area contributed by atoms with E-state index in [0.717, 1.165) is 25.0 Å². The minimum Gasteiger partial charge on any atom is -0.376 e. The quantitative estimate of drug-likeness (QED) is 0.928. The monoisotopic (exact) mass is 288 g/mol. The first-order valence-corrected chi connectivity index (χ1v) is 7.90. The molecule has 0 bridgehead atoms. The Morgan fingerprint density at radius 3 is 2.95 bits per heavy atom. The topological polar surface area (TPSA) is 41.6 Å². The SMILES string of the molecule is Cc1cccc(C2NC(C)C(=O)N2CC2CCCCO2)c1. The molecule has 1 aromatic rings. The normalized spacial score (nSPS) is 29.9. The first kappa shape index (κ1) is 14.5. The van der Waals surface area contributed by atoms with E-state index in [4.69, 9.17) is 4.74 Å². The van der Waals surface area contributed by atoms with Gasteiger partial charge < -0.3 is 9.64 Å². The highest BCUT2D eigenvalue weighted by molar-refractivity contribution is 5.84. The summed E-state index contributed by atoms with van der Waals surface area (Å²) in [5.41, 5.74) is 2.37. The van der Waals surface area contributed by atoms with Crippen LogP contribution in [0.25, 0.3) is 0 Å². The third-order valence-electron chi connectivity index (χ3n) is 4.41. The lowest BCUT2D eigenvalue weighted by Crippen LogP contribution is -2.39. The standard InChI is InChI=1S/C17H24N2O2/c1-12-6-5-7-14(10-12)16-18-13(2)17(20)19(16)11-15-8-3-4-9-21-15/h5-7,10,13,15-16,18H,3-4,8-9,11H2,1-2H3. The highest BCUT2D eigenvalue weighted by atomic mass is 16.5. The molecular weight excluding hydrogens is 264 g/mol. The van der Waals surface area contributed by atoms with Crippen molar-refractivity contribution in [2.75, 3.05) is 13.2 Å². The Balaban J connectivity index is 1.78. The zero-order valence-corrected chi connectivity index (χ0v) is 12.8. The first-order valence-electron chi connectivity index (χ1n) is 7.90. The predicted octanol–water partition coefficient (Wildman–Crippen LogP) is 2.38. The minimum atomic E-state index is -0.126. The Hall–Kier alpha value is -1.39. The number of amides is 1. The fourth-order valence-corrected chi connectivity index (χ4v) is 3.26. The molecule has 2 saturated heterocycles. The van der Waals surface area contributed by atoms with E-state index in [1.54, 1.807) is 0 Å². The molecule has 2 heterocycles. The number of benzene rings is 1. The summed E-state index contributed by atoms with van der Waals surface area (Å²) < 4.78 is 5.81. The molecular formula is C17H24N2O2. The number of rotatable bonds is 3. The number of carbonyl (C=O) groups excluding carboxylic acids is 1. The molecule has 2 fully saturated rings. The van der Waals surface area contributed by atoms with Gasteiger partial charge in [0, 0.05) is 13.2 Å². The molecule has 114 valence electrons. The van der Waals surface area contributed by atoms with Gasteiger partial charge in [-0.05, 0) is 38.7 Å². The second-order valence-electron chi connectivity index (χ2n) is 6.18. The molecule has 0 aromatic heterocycles. The molecule has 4 heteroatoms. The highest BCUT2D eigenvalue weighted by Gasteiger charge is 2.38. The van der Waals surface area contributed by atoms with Crippen LogP contribution < -0.4 is 5.32 Å². The summed E-state index contributed by atoms with van der Waals surface area (Å²) in [4.78, 5) is 14.4. The van der Waals surface area contributed by atoms with Gasteiger partial charge in [0.2, 0.25) is 5.91 Å². The lowest BCUT2D eigenvalue weighted by Gasteiger charge is -2.31. The van der Waals surface area contributed by atoms with Crippen LogP contribution in [0.15, 0.2) is 24.3 Å². The molecule has 0 saturated carbocycles. The molecule has 3 atom stereocenters. The van der Waals surface area contributed by atoms with Crippen LogP contribution in [0.1, 0.15) is 43.5 Å². The molecule has 1 N–H and O–H groups in total. The summed E-state index contributed by atoms with van der Waals surface area (Å²) in [6, 6.07) is 8.25. The zero-order chi connectivity index (χ0) is 14.8. The van der Waals surface area contributed by atoms with Crippen molar-refractivity contribution < 1.29 is 9.53 Å². The van der Waals surface area contributed by atoms with Crippen molar-refractivity contribution in [1.29, 1.82) is 0 Å². The molecule has 21 heavy (non-hydrogen) atoms. The summed E-state index contributed by atoms with van der Waals surface area (Å²) in [6.07, 6.45) is 3.55. The Bertz CT molecular complexity index is 511. The Labute approximate surface area is 126 Å². The van der Waals surface area contributed by atoms with Gasteiger partial charge in [-0.1, -0.05) is 29.8 Å². The van der Waals surface area contributed by atoms with Crippen molar-refractivity contribution >= 4 is 5.91 Å². The third-order valence-corrected chi connectivity index (χ3v) is 4.41. The van der Waals surface area contributed by atoms with Gasteiger partial charge in [0.25, 0.3) is 0 Å². The fourth-order valence-electron chi connectivity index (χ4n) is 3.26. The highest BCUT2D eigenvalue weighted by Crippen LogP contribution is 2.27. The lowest BCUT2D eigenvalue weighted by molar-refractivity contribution is -0.132. The van der Waals surface area contributed by atoms with E-state index in [1.165, 1.54) is 12.0 Å². The number of carbonyl (C=O) groups is 1. The number of ether oxygens (including phenoxy) is 1. The summed E-state index contributed by atoms with van der Waals surface area (Å²) >= 11 is 0. The van der Waals surface area contributed by atoms with Gasteiger partial charge in [-0.2, -0.15) is 0 Å². The molecule has 0 spiro atoms. The van der Waals surface area contributed by atoms with E-state index in [1.807, 2.05) is 11.8 Å². The molecule has 2 aliphatic rings. The predicted molar refractivity (Wildman–Crippen MR) is 81.8 cm³/mol. The molecule has 3 rings (SSSR count). The average molecular weight is 288 g/mol. The van der Waals surface area contributed by atoms with Crippen molar-refractivity contribution in [3.63, 3.8) is 0 Å². The van der Waals surface area contributed by atoms with Crippen molar-refractivity contribution in [2.45, 2.75) is 51.4 Å². The van der Waals surface area contributed by atoms with Gasteiger partial charge in [-0.15, -0.1) is 0 Å². The van der Waals surface area contributed by atoms with Crippen LogP contribution in [0, 0.1) is 6.92 Å². The smallest absolute Gasteiger partial charge is 0.241 e. The van der Waals surface area contributed by atoms with Crippen LogP contribution in [0.3, 0.4) is 0 Å². The van der Waals surface area contributed by atoms with Crippen LogP contribution in [-0.2, 0) is 9.53 Å². The zero-order valence-electron chi connectivity index (χ0n) is 12.8. The summed E-state index contributed by atoms with van der Waals surface area (Å²) in [6.45, 7) is 5.53. The second kappa shape index (κ2) is 6.16. The van der Waals surface area contributed by atoms with Gasteiger partial charge in [-0.3, -0.25) is 10.1 Å². The van der Waals surface area contributed by atoms with Crippen LogP contribution >= 0.6 is 0 Å². The minimum absolute atomic E-state index is 0.0297. The van der Waals surface area contributed by atoms with Crippen LogP contribution in [0.2, 0.25) is 0 Å². The Morgan fingerprint density at radius 2 is 2.24 bits per heavy atom. The number of nitrogens with zero attached hydrogens (tertiary/aromatic N) is 1. The average Bonchev–Trinajstić information content (AvgIpc) is 2.77. The van der Waals surface area contributed by atoms with Gasteiger partial charge >= 0.3 is 0 Å². The van der Waals surface area contributed by atoms with Crippen molar-refractivity contribution in [3.8, 4) is 0 Å². The van der Waals surface area contributed by atoms with E-state index in [9.17, 15) is 4.79 Å². The maximum absolute atomic E-state index is 12.5. The molecule has 1 aromatic carbocycles.